The van der Waals surface area contributed by atoms with Crippen molar-refractivity contribution >= 4 is 23.9 Å². The molecule has 4 aromatic rings. The van der Waals surface area contributed by atoms with Crippen molar-refractivity contribution in [3.63, 3.8) is 0 Å². The first-order valence-corrected chi connectivity index (χ1v) is 10.8. The Morgan fingerprint density at radius 1 is 1.14 bits per heavy atom. The molecule has 0 saturated heterocycles. The van der Waals surface area contributed by atoms with E-state index in [1.165, 1.54) is 18.0 Å². The van der Waals surface area contributed by atoms with E-state index in [2.05, 4.69) is 40.5 Å². The Kier molecular flexibility index (Phi) is 7.29. The number of methoxy groups -OCH3 is 1. The summed E-state index contributed by atoms with van der Waals surface area (Å²) in [6.45, 7) is 2.59. The summed E-state index contributed by atoms with van der Waals surface area (Å²) < 4.78 is 16.2. The molecule has 13 nitrogen and oxygen atoms in total. The number of nitrogens with one attached hydrogen (secondary N) is 1. The summed E-state index contributed by atoms with van der Waals surface area (Å²) in [7, 11) is 1.31. The second-order valence-electron chi connectivity index (χ2n) is 7.36. The van der Waals surface area contributed by atoms with Gasteiger partial charge in [-0.3, -0.25) is 4.79 Å². The third kappa shape index (κ3) is 5.19. The molecule has 13 heteroatoms. The van der Waals surface area contributed by atoms with Crippen LogP contribution in [0.5, 0.6) is 5.75 Å². The maximum absolute atomic E-state index is 13.0. The fraction of sp³-hybridized carbons (Fsp3) is 0.174. The maximum atomic E-state index is 13.0. The molecule has 0 bridgehead atoms. The van der Waals surface area contributed by atoms with E-state index in [0.29, 0.717) is 34.7 Å². The van der Waals surface area contributed by atoms with Crippen molar-refractivity contribution in [2.24, 2.45) is 5.10 Å². The van der Waals surface area contributed by atoms with Crippen LogP contribution in [0, 0.1) is 0 Å². The molecule has 1 amide bonds. The quantitative estimate of drug-likeness (QED) is 0.201. The minimum absolute atomic E-state index is 0.0237. The molecule has 2 aromatic carbocycles. The molecule has 0 radical (unpaired) electrons. The van der Waals surface area contributed by atoms with Crippen molar-refractivity contribution in [2.45, 2.75) is 13.3 Å². The Hall–Kier alpha value is -5.07. The lowest BCUT2D eigenvalue weighted by Gasteiger charge is -2.08. The maximum Gasteiger partial charge on any atom is 0.337 e. The molecular formula is C23H22N8O5. The van der Waals surface area contributed by atoms with Crippen molar-refractivity contribution in [1.29, 1.82) is 0 Å². The first kappa shape index (κ1) is 24.1. The number of rotatable bonds is 9. The highest BCUT2D eigenvalue weighted by molar-refractivity contribution is 5.99. The summed E-state index contributed by atoms with van der Waals surface area (Å²) in [5.41, 5.74) is 10.2. The van der Waals surface area contributed by atoms with Gasteiger partial charge >= 0.3 is 5.97 Å². The van der Waals surface area contributed by atoms with Gasteiger partial charge in [0.05, 0.1) is 25.5 Å². The number of benzene rings is 2. The molecule has 0 aliphatic carbocycles. The van der Waals surface area contributed by atoms with Crippen LogP contribution in [0.2, 0.25) is 0 Å². The van der Waals surface area contributed by atoms with Crippen molar-refractivity contribution < 1.29 is 23.7 Å². The van der Waals surface area contributed by atoms with E-state index in [1.807, 2.05) is 6.92 Å². The highest BCUT2D eigenvalue weighted by Gasteiger charge is 2.25. The molecule has 2 aromatic heterocycles. The summed E-state index contributed by atoms with van der Waals surface area (Å²) >= 11 is 0. The Morgan fingerprint density at radius 3 is 2.53 bits per heavy atom. The number of anilines is 1. The van der Waals surface area contributed by atoms with Gasteiger partial charge in [0, 0.05) is 5.56 Å². The van der Waals surface area contributed by atoms with Gasteiger partial charge < -0.3 is 15.2 Å². The molecule has 36 heavy (non-hydrogen) atoms. The molecule has 0 unspecified atom stereocenters. The number of carbonyl (C=O) groups excluding carboxylic acids is 2. The van der Waals surface area contributed by atoms with Gasteiger partial charge in [-0.05, 0) is 58.7 Å². The normalized spacial score (nSPS) is 10.9. The smallest absolute Gasteiger partial charge is 0.337 e. The molecule has 0 aliphatic rings. The second-order valence-corrected chi connectivity index (χ2v) is 7.36. The number of ether oxygens (including phenoxy) is 2. The Morgan fingerprint density at radius 2 is 1.89 bits per heavy atom. The predicted octanol–water partition coefficient (Wildman–Crippen LogP) is 2.24. The molecule has 0 aliphatic heterocycles. The number of nitrogen functional groups attached to an aromatic ring is 1. The van der Waals surface area contributed by atoms with Gasteiger partial charge in [0.25, 0.3) is 5.91 Å². The summed E-state index contributed by atoms with van der Waals surface area (Å²) in [5.74, 6) is -0.340. The number of amides is 1. The fourth-order valence-corrected chi connectivity index (χ4v) is 3.15. The van der Waals surface area contributed by atoms with Gasteiger partial charge in [-0.2, -0.15) is 9.78 Å². The van der Waals surface area contributed by atoms with Gasteiger partial charge in [-0.15, -0.1) is 5.10 Å². The van der Waals surface area contributed by atoms with E-state index in [4.69, 9.17) is 10.5 Å². The van der Waals surface area contributed by atoms with Crippen LogP contribution in [0.25, 0.3) is 17.1 Å². The van der Waals surface area contributed by atoms with Gasteiger partial charge in [-0.25, -0.2) is 14.8 Å². The summed E-state index contributed by atoms with van der Waals surface area (Å²) in [4.78, 5) is 24.5. The number of nitrogens with two attached hydrogens (primary N) is 1. The average molecular weight is 490 g/mol. The molecule has 0 spiro atoms. The summed E-state index contributed by atoms with van der Waals surface area (Å²) in [6.07, 6.45) is 2.29. The molecular weight excluding hydrogens is 468 g/mol. The second kappa shape index (κ2) is 10.9. The lowest BCUT2D eigenvalue weighted by Crippen LogP contribution is -2.19. The molecule has 3 N–H and O–H groups in total. The van der Waals surface area contributed by atoms with Gasteiger partial charge in [-0.1, -0.05) is 24.3 Å². The minimum atomic E-state index is -0.625. The van der Waals surface area contributed by atoms with Gasteiger partial charge in [0.15, 0.2) is 5.69 Å². The Bertz CT molecular complexity index is 1380. The van der Waals surface area contributed by atoms with Crippen LogP contribution in [-0.4, -0.2) is 57.1 Å². The van der Waals surface area contributed by atoms with Crippen LogP contribution < -0.4 is 15.9 Å². The standard InChI is InChI=1S/C23H22N8O5/c1-3-12-35-17-10-8-15(9-11-17)19-18(26-30-31(19)21-20(24)28-36-29-21)22(32)27-25-13-14-4-6-16(7-5-14)23(33)34-2/h4-11,13H,3,12H2,1-2H3,(H2,24,28)(H,27,32). The van der Waals surface area contributed by atoms with Crippen molar-refractivity contribution in [2.75, 3.05) is 19.5 Å². The fourth-order valence-electron chi connectivity index (χ4n) is 3.15. The number of nitrogens with zero attached hydrogens (tertiary/aromatic N) is 6. The van der Waals surface area contributed by atoms with E-state index in [9.17, 15) is 9.59 Å². The number of hydrogen-bond acceptors (Lipinski definition) is 11. The highest BCUT2D eigenvalue weighted by atomic mass is 16.6. The number of carbonyl (C=O) groups is 2. The van der Waals surface area contributed by atoms with E-state index in [0.717, 1.165) is 6.42 Å². The predicted molar refractivity (Wildman–Crippen MR) is 128 cm³/mol. The van der Waals surface area contributed by atoms with Crippen LogP contribution in [0.4, 0.5) is 5.82 Å². The van der Waals surface area contributed by atoms with Crippen molar-refractivity contribution in [1.82, 2.24) is 30.7 Å². The third-order valence-corrected chi connectivity index (χ3v) is 4.89. The van der Waals surface area contributed by atoms with E-state index >= 15 is 0 Å². The number of hydrazone groups is 1. The van der Waals surface area contributed by atoms with Crippen molar-refractivity contribution in [3.8, 4) is 22.8 Å². The monoisotopic (exact) mass is 490 g/mol. The van der Waals surface area contributed by atoms with Crippen LogP contribution in [0.15, 0.2) is 58.3 Å². The van der Waals surface area contributed by atoms with Crippen LogP contribution in [0.1, 0.15) is 39.8 Å². The van der Waals surface area contributed by atoms with E-state index in [-0.39, 0.29) is 17.3 Å². The van der Waals surface area contributed by atoms with E-state index in [1.54, 1.807) is 48.5 Å². The zero-order valence-corrected chi connectivity index (χ0v) is 19.4. The lowest BCUT2D eigenvalue weighted by atomic mass is 10.1. The summed E-state index contributed by atoms with van der Waals surface area (Å²) in [6, 6.07) is 13.5. The molecule has 0 fully saturated rings. The molecule has 0 atom stereocenters. The SMILES string of the molecule is CCCOc1ccc(-c2c(C(=O)NN=Cc3ccc(C(=O)OC)cc3)nnn2-c2nonc2N)cc1. The first-order chi connectivity index (χ1) is 17.5. The van der Waals surface area contributed by atoms with Crippen LogP contribution in [-0.2, 0) is 4.74 Å². The average Bonchev–Trinajstić information content (AvgIpc) is 3.53. The topological polar surface area (TPSA) is 173 Å². The van der Waals surface area contributed by atoms with Gasteiger partial charge in [0.1, 0.15) is 11.4 Å². The Labute approximate surface area is 204 Å². The number of esters is 1. The molecule has 2 heterocycles. The van der Waals surface area contributed by atoms with Gasteiger partial charge in [0.2, 0.25) is 11.6 Å². The largest absolute Gasteiger partial charge is 0.494 e. The zero-order valence-electron chi connectivity index (χ0n) is 19.4. The zero-order chi connectivity index (χ0) is 25.5. The Balaban J connectivity index is 1.59. The number of hydrogen-bond donors (Lipinski definition) is 2. The lowest BCUT2D eigenvalue weighted by molar-refractivity contribution is 0.0600. The van der Waals surface area contributed by atoms with Crippen LogP contribution in [0.3, 0.4) is 0 Å². The highest BCUT2D eigenvalue weighted by Crippen LogP contribution is 2.28. The van der Waals surface area contributed by atoms with Crippen LogP contribution >= 0.6 is 0 Å². The summed E-state index contributed by atoms with van der Waals surface area (Å²) in [5, 5.41) is 19.3. The third-order valence-electron chi connectivity index (χ3n) is 4.89. The molecule has 0 saturated carbocycles. The van der Waals surface area contributed by atoms with Crippen molar-refractivity contribution in [3.05, 3.63) is 65.4 Å². The molecule has 184 valence electrons. The molecule has 4 rings (SSSR count). The number of aromatic nitrogens is 5. The first-order valence-electron chi connectivity index (χ1n) is 10.8. The van der Waals surface area contributed by atoms with E-state index < -0.39 is 11.9 Å². The minimum Gasteiger partial charge on any atom is -0.494 e.